The molecule has 4 heteroatoms. The van der Waals surface area contributed by atoms with E-state index in [4.69, 9.17) is 5.73 Å². The highest BCUT2D eigenvalue weighted by molar-refractivity contribution is 5.79. The first kappa shape index (κ1) is 12.5. The number of nitrogens with two attached hydrogens (primary N) is 1. The summed E-state index contributed by atoms with van der Waals surface area (Å²) in [5.41, 5.74) is 5.60. The number of piperazine rings is 1. The maximum Gasteiger partial charge on any atom is 0.236 e. The molecular weight excluding hydrogens is 190 g/mol. The van der Waals surface area contributed by atoms with Gasteiger partial charge in [-0.25, -0.2) is 0 Å². The SMILES string of the molecule is CC(C)CN1CCN(C(C)CN)CC1=O. The topological polar surface area (TPSA) is 49.6 Å². The Labute approximate surface area is 92.4 Å². The van der Waals surface area contributed by atoms with E-state index in [0.29, 0.717) is 25.0 Å². The Morgan fingerprint density at radius 2 is 2.00 bits per heavy atom. The third-order valence-electron chi connectivity index (χ3n) is 2.90. The van der Waals surface area contributed by atoms with Crippen LogP contribution in [0.1, 0.15) is 20.8 Å². The van der Waals surface area contributed by atoms with Gasteiger partial charge in [0.05, 0.1) is 6.54 Å². The van der Waals surface area contributed by atoms with Gasteiger partial charge in [-0.15, -0.1) is 0 Å². The number of nitrogens with zero attached hydrogens (tertiary/aromatic N) is 2. The summed E-state index contributed by atoms with van der Waals surface area (Å²) in [7, 11) is 0. The van der Waals surface area contributed by atoms with Crippen LogP contribution in [0.5, 0.6) is 0 Å². The van der Waals surface area contributed by atoms with Crippen LogP contribution in [0.3, 0.4) is 0 Å². The van der Waals surface area contributed by atoms with E-state index < -0.39 is 0 Å². The van der Waals surface area contributed by atoms with Crippen molar-refractivity contribution in [3.63, 3.8) is 0 Å². The van der Waals surface area contributed by atoms with Crippen molar-refractivity contribution >= 4 is 5.91 Å². The van der Waals surface area contributed by atoms with E-state index in [0.717, 1.165) is 19.6 Å². The number of carbonyl (C=O) groups is 1. The Morgan fingerprint density at radius 1 is 1.33 bits per heavy atom. The lowest BCUT2D eigenvalue weighted by atomic mass is 10.1. The van der Waals surface area contributed by atoms with Gasteiger partial charge in [0.25, 0.3) is 0 Å². The van der Waals surface area contributed by atoms with E-state index in [1.165, 1.54) is 0 Å². The first-order chi connectivity index (χ1) is 7.04. The van der Waals surface area contributed by atoms with Crippen LogP contribution < -0.4 is 5.73 Å². The average Bonchev–Trinajstić information content (AvgIpc) is 2.19. The predicted molar refractivity (Wildman–Crippen MR) is 61.5 cm³/mol. The predicted octanol–water partition coefficient (Wildman–Crippen LogP) is 0.134. The molecule has 0 aromatic heterocycles. The molecular formula is C11H23N3O. The lowest BCUT2D eigenvalue weighted by Gasteiger charge is -2.37. The molecule has 0 spiro atoms. The minimum Gasteiger partial charge on any atom is -0.340 e. The maximum atomic E-state index is 11.8. The van der Waals surface area contributed by atoms with E-state index in [9.17, 15) is 4.79 Å². The van der Waals surface area contributed by atoms with Gasteiger partial charge >= 0.3 is 0 Å². The van der Waals surface area contributed by atoms with Crippen LogP contribution in [0.15, 0.2) is 0 Å². The molecule has 1 rings (SSSR count). The molecule has 2 N–H and O–H groups in total. The molecule has 0 aliphatic carbocycles. The van der Waals surface area contributed by atoms with Crippen LogP contribution in [-0.4, -0.2) is 54.5 Å². The van der Waals surface area contributed by atoms with Crippen LogP contribution >= 0.6 is 0 Å². The zero-order valence-corrected chi connectivity index (χ0v) is 10.1. The summed E-state index contributed by atoms with van der Waals surface area (Å²) in [5, 5.41) is 0. The lowest BCUT2D eigenvalue weighted by Crippen LogP contribution is -2.54. The highest BCUT2D eigenvalue weighted by Gasteiger charge is 2.26. The first-order valence-electron chi connectivity index (χ1n) is 5.76. The Hall–Kier alpha value is -0.610. The Kier molecular flexibility index (Phi) is 4.54. The average molecular weight is 213 g/mol. The molecule has 0 saturated carbocycles. The van der Waals surface area contributed by atoms with Crippen molar-refractivity contribution in [2.75, 3.05) is 32.7 Å². The van der Waals surface area contributed by atoms with Crippen molar-refractivity contribution in [2.24, 2.45) is 11.7 Å². The van der Waals surface area contributed by atoms with Crippen molar-refractivity contribution in [2.45, 2.75) is 26.8 Å². The number of carbonyl (C=O) groups excluding carboxylic acids is 1. The molecule has 1 unspecified atom stereocenters. The van der Waals surface area contributed by atoms with E-state index in [-0.39, 0.29) is 5.91 Å². The van der Waals surface area contributed by atoms with E-state index in [2.05, 4.69) is 25.7 Å². The largest absolute Gasteiger partial charge is 0.340 e. The van der Waals surface area contributed by atoms with Gasteiger partial charge in [-0.3, -0.25) is 9.69 Å². The van der Waals surface area contributed by atoms with Gasteiger partial charge < -0.3 is 10.6 Å². The molecule has 1 aliphatic heterocycles. The van der Waals surface area contributed by atoms with Crippen molar-refractivity contribution < 1.29 is 4.79 Å². The number of hydrogen-bond acceptors (Lipinski definition) is 3. The van der Waals surface area contributed by atoms with Crippen molar-refractivity contribution in [1.29, 1.82) is 0 Å². The normalized spacial score (nSPS) is 21.1. The van der Waals surface area contributed by atoms with Crippen LogP contribution in [0.4, 0.5) is 0 Å². The summed E-state index contributed by atoms with van der Waals surface area (Å²) in [6, 6.07) is 0.315. The monoisotopic (exact) mass is 213 g/mol. The Morgan fingerprint density at radius 3 is 2.47 bits per heavy atom. The Balaban J connectivity index is 2.44. The number of rotatable bonds is 4. The van der Waals surface area contributed by atoms with E-state index in [1.54, 1.807) is 0 Å². The molecule has 0 aromatic rings. The first-order valence-corrected chi connectivity index (χ1v) is 5.76. The number of amides is 1. The van der Waals surface area contributed by atoms with Gasteiger partial charge in [0.2, 0.25) is 5.91 Å². The summed E-state index contributed by atoms with van der Waals surface area (Å²) >= 11 is 0. The minimum atomic E-state index is 0.246. The van der Waals surface area contributed by atoms with Crippen LogP contribution in [0, 0.1) is 5.92 Å². The fourth-order valence-electron chi connectivity index (χ4n) is 1.89. The fourth-order valence-corrected chi connectivity index (χ4v) is 1.89. The van der Waals surface area contributed by atoms with Crippen molar-refractivity contribution in [1.82, 2.24) is 9.80 Å². The van der Waals surface area contributed by atoms with E-state index in [1.807, 2.05) is 4.90 Å². The smallest absolute Gasteiger partial charge is 0.236 e. The Bertz CT molecular complexity index is 218. The summed E-state index contributed by atoms with van der Waals surface area (Å²) < 4.78 is 0. The summed E-state index contributed by atoms with van der Waals surface area (Å²) in [5.74, 6) is 0.794. The van der Waals surface area contributed by atoms with Crippen molar-refractivity contribution in [3.05, 3.63) is 0 Å². The quantitative estimate of drug-likeness (QED) is 0.722. The molecule has 15 heavy (non-hydrogen) atoms. The van der Waals surface area contributed by atoms with E-state index >= 15 is 0 Å². The summed E-state index contributed by atoms with van der Waals surface area (Å²) in [6.07, 6.45) is 0. The molecule has 1 heterocycles. The van der Waals surface area contributed by atoms with Gasteiger partial charge in [0, 0.05) is 32.2 Å². The van der Waals surface area contributed by atoms with Gasteiger partial charge in [-0.1, -0.05) is 13.8 Å². The van der Waals surface area contributed by atoms with Crippen LogP contribution in [0.25, 0.3) is 0 Å². The molecule has 1 saturated heterocycles. The maximum absolute atomic E-state index is 11.8. The van der Waals surface area contributed by atoms with Crippen molar-refractivity contribution in [3.8, 4) is 0 Å². The van der Waals surface area contributed by atoms with Gasteiger partial charge in [-0.2, -0.15) is 0 Å². The minimum absolute atomic E-state index is 0.246. The number of hydrogen-bond donors (Lipinski definition) is 1. The van der Waals surface area contributed by atoms with Gasteiger partial charge in [0.1, 0.15) is 0 Å². The van der Waals surface area contributed by atoms with Crippen LogP contribution in [-0.2, 0) is 4.79 Å². The third-order valence-corrected chi connectivity index (χ3v) is 2.90. The zero-order valence-electron chi connectivity index (χ0n) is 10.1. The second-order valence-corrected chi connectivity index (χ2v) is 4.79. The zero-order chi connectivity index (χ0) is 11.4. The molecule has 0 bridgehead atoms. The highest BCUT2D eigenvalue weighted by Crippen LogP contribution is 2.08. The molecule has 1 amide bonds. The second-order valence-electron chi connectivity index (χ2n) is 4.79. The standard InChI is InChI=1S/C11H23N3O/c1-9(2)7-14-5-4-13(8-11(14)15)10(3)6-12/h9-10H,4-8,12H2,1-3H3. The molecule has 0 aromatic carbocycles. The molecule has 1 aliphatic rings. The van der Waals surface area contributed by atoms with Gasteiger partial charge in [-0.05, 0) is 12.8 Å². The van der Waals surface area contributed by atoms with Gasteiger partial charge in [0.15, 0.2) is 0 Å². The molecule has 88 valence electrons. The van der Waals surface area contributed by atoms with Crippen LogP contribution in [0.2, 0.25) is 0 Å². The lowest BCUT2D eigenvalue weighted by molar-refractivity contribution is -0.137. The molecule has 1 atom stereocenters. The summed E-state index contributed by atoms with van der Waals surface area (Å²) in [6.45, 7) is 10.2. The molecule has 1 fully saturated rings. The third kappa shape index (κ3) is 3.47. The molecule has 0 radical (unpaired) electrons. The highest BCUT2D eigenvalue weighted by atomic mass is 16.2. The summed E-state index contributed by atoms with van der Waals surface area (Å²) in [4.78, 5) is 15.9. The molecule has 4 nitrogen and oxygen atoms in total. The fraction of sp³-hybridized carbons (Fsp3) is 0.909. The second kappa shape index (κ2) is 5.47.